The third kappa shape index (κ3) is 3.90. The van der Waals surface area contributed by atoms with Crippen molar-refractivity contribution in [1.29, 1.82) is 0 Å². The van der Waals surface area contributed by atoms with Crippen LogP contribution >= 0.6 is 0 Å². The van der Waals surface area contributed by atoms with Crippen LogP contribution in [-0.2, 0) is 4.79 Å². The van der Waals surface area contributed by atoms with Crippen LogP contribution in [0.4, 0.5) is 0 Å². The lowest BCUT2D eigenvalue weighted by Gasteiger charge is -2.32. The lowest BCUT2D eigenvalue weighted by molar-refractivity contribution is -0.143. The van der Waals surface area contributed by atoms with Crippen molar-refractivity contribution in [2.24, 2.45) is 0 Å². The molecule has 1 atom stereocenters. The van der Waals surface area contributed by atoms with Gasteiger partial charge in [-0.3, -0.25) is 9.69 Å². The van der Waals surface area contributed by atoms with Gasteiger partial charge in [0, 0.05) is 26.2 Å². The zero-order valence-corrected chi connectivity index (χ0v) is 13.3. The number of rotatable bonds is 6. The summed E-state index contributed by atoms with van der Waals surface area (Å²) in [6.45, 7) is 6.88. The molecule has 122 valence electrons. The Bertz CT molecular complexity index is 513. The van der Waals surface area contributed by atoms with Gasteiger partial charge in [0.05, 0.1) is 13.2 Å². The molecule has 1 heterocycles. The Balaban J connectivity index is 2.32. The van der Waals surface area contributed by atoms with Crippen LogP contribution in [0.5, 0.6) is 11.5 Å². The number of ether oxygens (including phenoxy) is 2. The standard InChI is InChI=1S/C16H24N2O4/c1-11(2)22-14-10-12(4-5-13(14)21-3)15(16(19)20)18-8-6-17-7-9-18/h4-5,10-11,15,17H,6-9H2,1-3H3,(H,19,20). The molecule has 0 radical (unpaired) electrons. The van der Waals surface area contributed by atoms with E-state index >= 15 is 0 Å². The highest BCUT2D eigenvalue weighted by molar-refractivity contribution is 5.76. The van der Waals surface area contributed by atoms with Crippen molar-refractivity contribution in [3.63, 3.8) is 0 Å². The van der Waals surface area contributed by atoms with Gasteiger partial charge < -0.3 is 19.9 Å². The van der Waals surface area contributed by atoms with Crippen LogP contribution in [0.3, 0.4) is 0 Å². The van der Waals surface area contributed by atoms with Crippen LogP contribution in [0.15, 0.2) is 18.2 Å². The van der Waals surface area contributed by atoms with Crippen LogP contribution in [0.25, 0.3) is 0 Å². The summed E-state index contributed by atoms with van der Waals surface area (Å²) >= 11 is 0. The first kappa shape index (κ1) is 16.6. The van der Waals surface area contributed by atoms with Crippen LogP contribution in [-0.4, -0.2) is 55.4 Å². The normalized spacial score (nSPS) is 17.3. The van der Waals surface area contributed by atoms with E-state index in [0.717, 1.165) is 13.1 Å². The second-order valence-corrected chi connectivity index (χ2v) is 5.60. The van der Waals surface area contributed by atoms with E-state index in [4.69, 9.17) is 9.47 Å². The number of hydrogen-bond donors (Lipinski definition) is 2. The van der Waals surface area contributed by atoms with Gasteiger partial charge in [-0.05, 0) is 31.5 Å². The SMILES string of the molecule is COc1ccc(C(C(=O)O)N2CCNCC2)cc1OC(C)C. The number of aliphatic carboxylic acids is 1. The summed E-state index contributed by atoms with van der Waals surface area (Å²) < 4.78 is 11.0. The predicted octanol–water partition coefficient (Wildman–Crippen LogP) is 1.51. The van der Waals surface area contributed by atoms with E-state index in [1.54, 1.807) is 25.3 Å². The van der Waals surface area contributed by atoms with Crippen molar-refractivity contribution in [3.05, 3.63) is 23.8 Å². The van der Waals surface area contributed by atoms with Gasteiger partial charge >= 0.3 is 5.97 Å². The number of hydrogen-bond acceptors (Lipinski definition) is 5. The van der Waals surface area contributed by atoms with Crippen LogP contribution in [0.2, 0.25) is 0 Å². The molecule has 0 bridgehead atoms. The zero-order chi connectivity index (χ0) is 16.1. The molecule has 2 N–H and O–H groups in total. The molecule has 1 aliphatic heterocycles. The fraction of sp³-hybridized carbons (Fsp3) is 0.562. The monoisotopic (exact) mass is 308 g/mol. The molecule has 6 nitrogen and oxygen atoms in total. The first-order valence-electron chi connectivity index (χ1n) is 7.55. The van der Waals surface area contributed by atoms with Gasteiger partial charge in [0.2, 0.25) is 0 Å². The molecular formula is C16H24N2O4. The number of carbonyl (C=O) groups is 1. The Morgan fingerprint density at radius 2 is 1.95 bits per heavy atom. The van der Waals surface area contributed by atoms with Gasteiger partial charge in [0.15, 0.2) is 11.5 Å². The van der Waals surface area contributed by atoms with E-state index < -0.39 is 12.0 Å². The third-order valence-electron chi connectivity index (χ3n) is 3.62. The minimum atomic E-state index is -0.845. The first-order valence-corrected chi connectivity index (χ1v) is 7.55. The van der Waals surface area contributed by atoms with Gasteiger partial charge in [-0.25, -0.2) is 0 Å². The molecule has 6 heteroatoms. The topological polar surface area (TPSA) is 71.0 Å². The van der Waals surface area contributed by atoms with Crippen molar-refractivity contribution < 1.29 is 19.4 Å². The summed E-state index contributed by atoms with van der Waals surface area (Å²) in [5.74, 6) is 0.348. The molecule has 0 aromatic heterocycles. The molecule has 0 amide bonds. The van der Waals surface area contributed by atoms with Crippen LogP contribution in [0, 0.1) is 0 Å². The molecule has 0 saturated carbocycles. The number of benzene rings is 1. The number of piperazine rings is 1. The maximum atomic E-state index is 11.8. The highest BCUT2D eigenvalue weighted by Crippen LogP contribution is 2.33. The van der Waals surface area contributed by atoms with Crippen LogP contribution in [0.1, 0.15) is 25.5 Å². The third-order valence-corrected chi connectivity index (χ3v) is 3.62. The van der Waals surface area contributed by atoms with Crippen molar-refractivity contribution in [3.8, 4) is 11.5 Å². The maximum Gasteiger partial charge on any atom is 0.325 e. The minimum absolute atomic E-state index is 0.00776. The Kier molecular flexibility index (Phi) is 5.63. The Morgan fingerprint density at radius 3 is 2.50 bits per heavy atom. The summed E-state index contributed by atoms with van der Waals surface area (Å²) in [5.41, 5.74) is 0.714. The Hall–Kier alpha value is -1.79. The quantitative estimate of drug-likeness (QED) is 0.830. The average Bonchev–Trinajstić information content (AvgIpc) is 2.48. The smallest absolute Gasteiger partial charge is 0.325 e. The highest BCUT2D eigenvalue weighted by atomic mass is 16.5. The number of nitrogens with zero attached hydrogens (tertiary/aromatic N) is 1. The number of methoxy groups -OCH3 is 1. The van der Waals surface area contributed by atoms with Crippen molar-refractivity contribution in [2.45, 2.75) is 26.0 Å². The highest BCUT2D eigenvalue weighted by Gasteiger charge is 2.29. The Morgan fingerprint density at radius 1 is 1.27 bits per heavy atom. The number of carboxylic acid groups (broad SMARTS) is 1. The van der Waals surface area contributed by atoms with Gasteiger partial charge in [-0.1, -0.05) is 6.07 Å². The molecule has 0 aliphatic carbocycles. The van der Waals surface area contributed by atoms with E-state index in [0.29, 0.717) is 30.2 Å². The van der Waals surface area contributed by atoms with E-state index in [-0.39, 0.29) is 6.10 Å². The summed E-state index contributed by atoms with van der Waals surface area (Å²) in [5, 5.41) is 12.9. The summed E-state index contributed by atoms with van der Waals surface area (Å²) in [7, 11) is 1.58. The molecule has 2 rings (SSSR count). The van der Waals surface area contributed by atoms with Crippen LogP contribution < -0.4 is 14.8 Å². The largest absolute Gasteiger partial charge is 0.493 e. The number of nitrogens with one attached hydrogen (secondary N) is 1. The molecule has 1 unspecified atom stereocenters. The molecule has 22 heavy (non-hydrogen) atoms. The summed E-state index contributed by atoms with van der Waals surface area (Å²) in [4.78, 5) is 13.7. The molecule has 1 fully saturated rings. The Labute approximate surface area is 131 Å². The molecule has 1 saturated heterocycles. The van der Waals surface area contributed by atoms with E-state index in [1.165, 1.54) is 0 Å². The molecular weight excluding hydrogens is 284 g/mol. The maximum absolute atomic E-state index is 11.8. The van der Waals surface area contributed by atoms with E-state index in [1.807, 2.05) is 18.7 Å². The van der Waals surface area contributed by atoms with Gasteiger partial charge in [0.1, 0.15) is 6.04 Å². The fourth-order valence-electron chi connectivity index (χ4n) is 2.66. The van der Waals surface area contributed by atoms with Gasteiger partial charge in [0.25, 0.3) is 0 Å². The second-order valence-electron chi connectivity index (χ2n) is 5.60. The molecule has 1 aliphatic rings. The van der Waals surface area contributed by atoms with Gasteiger partial charge in [-0.15, -0.1) is 0 Å². The zero-order valence-electron chi connectivity index (χ0n) is 13.3. The summed E-state index contributed by atoms with van der Waals surface area (Å²) in [6.07, 6.45) is -0.00776. The van der Waals surface area contributed by atoms with Gasteiger partial charge in [-0.2, -0.15) is 0 Å². The molecule has 1 aromatic carbocycles. The average molecular weight is 308 g/mol. The first-order chi connectivity index (χ1) is 10.5. The molecule has 1 aromatic rings. The van der Waals surface area contributed by atoms with E-state index in [9.17, 15) is 9.90 Å². The number of carboxylic acids is 1. The summed E-state index contributed by atoms with van der Waals surface area (Å²) in [6, 6.07) is 4.68. The predicted molar refractivity (Wildman–Crippen MR) is 83.6 cm³/mol. The second kappa shape index (κ2) is 7.47. The minimum Gasteiger partial charge on any atom is -0.493 e. The molecule has 0 spiro atoms. The van der Waals surface area contributed by atoms with Crippen molar-refractivity contribution in [2.75, 3.05) is 33.3 Å². The lowest BCUT2D eigenvalue weighted by atomic mass is 10.0. The van der Waals surface area contributed by atoms with E-state index in [2.05, 4.69) is 5.32 Å². The van der Waals surface area contributed by atoms with Crippen molar-refractivity contribution in [1.82, 2.24) is 10.2 Å². The fourth-order valence-corrected chi connectivity index (χ4v) is 2.66. The lowest BCUT2D eigenvalue weighted by Crippen LogP contribution is -2.47. The van der Waals surface area contributed by atoms with Crippen molar-refractivity contribution >= 4 is 5.97 Å².